The summed E-state index contributed by atoms with van der Waals surface area (Å²) in [6, 6.07) is 14.4. The fourth-order valence-electron chi connectivity index (χ4n) is 5.01. The van der Waals surface area contributed by atoms with Crippen molar-refractivity contribution in [1.29, 1.82) is 0 Å². The van der Waals surface area contributed by atoms with Gasteiger partial charge in [0.05, 0.1) is 15.8 Å². The Morgan fingerprint density at radius 3 is 2.53 bits per heavy atom. The van der Waals surface area contributed by atoms with Crippen LogP contribution in [0.4, 0.5) is 0 Å². The minimum atomic E-state index is -3.73. The summed E-state index contributed by atoms with van der Waals surface area (Å²) in [5.41, 5.74) is 2.23. The second kappa shape index (κ2) is 8.54. The number of hydrogen-bond donors (Lipinski definition) is 1. The number of aryl methyl sites for hydroxylation is 1. The van der Waals surface area contributed by atoms with Crippen LogP contribution in [0.5, 0.6) is 0 Å². The van der Waals surface area contributed by atoms with Gasteiger partial charge in [0.25, 0.3) is 10.0 Å². The Bertz CT molecular complexity index is 1250. The Balaban J connectivity index is 0.00000245. The molecule has 2 aliphatic heterocycles. The van der Waals surface area contributed by atoms with Crippen LogP contribution in [-0.2, 0) is 21.4 Å². The minimum absolute atomic E-state index is 0. The van der Waals surface area contributed by atoms with Gasteiger partial charge in [-0.2, -0.15) is 0 Å². The SMILES string of the molecule is Cc1ccc(S(=O)(=O)n2cc(CN3CCCC4(CCNC4)C3=O)c3ccccc32)cc1.Cl. The Hall–Kier alpha value is -2.35. The van der Waals surface area contributed by atoms with Crippen LogP contribution in [0.1, 0.15) is 30.4 Å². The fourth-order valence-corrected chi connectivity index (χ4v) is 6.41. The van der Waals surface area contributed by atoms with E-state index in [1.165, 1.54) is 3.97 Å². The zero-order chi connectivity index (χ0) is 21.6. The van der Waals surface area contributed by atoms with Gasteiger partial charge in [0.2, 0.25) is 5.91 Å². The number of nitrogens with one attached hydrogen (secondary N) is 1. The second-order valence-electron chi connectivity index (χ2n) is 8.82. The average molecular weight is 474 g/mol. The number of halogens is 1. The van der Waals surface area contributed by atoms with Crippen LogP contribution in [0.2, 0.25) is 0 Å². The van der Waals surface area contributed by atoms with Crippen molar-refractivity contribution < 1.29 is 13.2 Å². The first-order valence-corrected chi connectivity index (χ1v) is 12.3. The van der Waals surface area contributed by atoms with Crippen molar-refractivity contribution in [3.05, 3.63) is 65.9 Å². The van der Waals surface area contributed by atoms with E-state index in [1.54, 1.807) is 30.5 Å². The Labute approximate surface area is 195 Å². The zero-order valence-corrected chi connectivity index (χ0v) is 19.7. The molecule has 1 amide bonds. The first-order chi connectivity index (χ1) is 14.9. The average Bonchev–Trinajstić information content (AvgIpc) is 3.38. The Morgan fingerprint density at radius 2 is 1.81 bits per heavy atom. The summed E-state index contributed by atoms with van der Waals surface area (Å²) in [5, 5.41) is 4.21. The molecule has 170 valence electrons. The number of para-hydroxylation sites is 1. The molecule has 0 bridgehead atoms. The molecular weight excluding hydrogens is 446 g/mol. The summed E-state index contributed by atoms with van der Waals surface area (Å²) < 4.78 is 28.2. The maximum atomic E-state index is 13.4. The number of nitrogens with zero attached hydrogens (tertiary/aromatic N) is 2. The molecule has 2 saturated heterocycles. The summed E-state index contributed by atoms with van der Waals surface area (Å²) >= 11 is 0. The Morgan fingerprint density at radius 1 is 1.06 bits per heavy atom. The lowest BCUT2D eigenvalue weighted by Crippen LogP contribution is -2.49. The molecule has 8 heteroatoms. The molecule has 3 aromatic rings. The number of rotatable bonds is 4. The fraction of sp³-hybridized carbons (Fsp3) is 0.375. The predicted molar refractivity (Wildman–Crippen MR) is 128 cm³/mol. The third-order valence-corrected chi connectivity index (χ3v) is 8.46. The lowest BCUT2D eigenvalue weighted by Gasteiger charge is -2.39. The quantitative estimate of drug-likeness (QED) is 0.627. The number of piperidine rings is 1. The molecule has 1 N–H and O–H groups in total. The number of amides is 1. The van der Waals surface area contributed by atoms with Crippen molar-refractivity contribution in [2.75, 3.05) is 19.6 Å². The van der Waals surface area contributed by atoms with Crippen molar-refractivity contribution in [1.82, 2.24) is 14.2 Å². The van der Waals surface area contributed by atoms with Crippen LogP contribution in [0.15, 0.2) is 59.6 Å². The molecule has 1 spiro atoms. The van der Waals surface area contributed by atoms with E-state index in [0.29, 0.717) is 18.6 Å². The number of hydrogen-bond acceptors (Lipinski definition) is 4. The molecule has 1 unspecified atom stereocenters. The van der Waals surface area contributed by atoms with Gasteiger partial charge in [-0.1, -0.05) is 35.9 Å². The number of aromatic nitrogens is 1. The van der Waals surface area contributed by atoms with E-state index in [4.69, 9.17) is 0 Å². The van der Waals surface area contributed by atoms with E-state index < -0.39 is 10.0 Å². The van der Waals surface area contributed by atoms with Gasteiger partial charge in [0.1, 0.15) is 0 Å². The van der Waals surface area contributed by atoms with Gasteiger partial charge < -0.3 is 10.2 Å². The summed E-state index contributed by atoms with van der Waals surface area (Å²) in [6.07, 6.45) is 4.49. The second-order valence-corrected chi connectivity index (χ2v) is 10.6. The summed E-state index contributed by atoms with van der Waals surface area (Å²) in [4.78, 5) is 15.5. The zero-order valence-electron chi connectivity index (χ0n) is 18.1. The van der Waals surface area contributed by atoms with E-state index >= 15 is 0 Å². The topological polar surface area (TPSA) is 71.4 Å². The number of fused-ring (bicyclic) bond motifs is 1. The maximum absolute atomic E-state index is 13.4. The molecule has 6 nitrogen and oxygen atoms in total. The first kappa shape index (κ1) is 22.8. The van der Waals surface area contributed by atoms with E-state index in [9.17, 15) is 13.2 Å². The molecule has 5 rings (SSSR count). The highest BCUT2D eigenvalue weighted by molar-refractivity contribution is 7.90. The van der Waals surface area contributed by atoms with Crippen molar-refractivity contribution in [2.45, 2.75) is 37.6 Å². The molecule has 1 atom stereocenters. The van der Waals surface area contributed by atoms with Crippen molar-refractivity contribution >= 4 is 39.2 Å². The highest BCUT2D eigenvalue weighted by Crippen LogP contribution is 2.38. The van der Waals surface area contributed by atoms with E-state index in [-0.39, 0.29) is 28.6 Å². The summed E-state index contributed by atoms with van der Waals surface area (Å²) in [7, 11) is -3.73. The van der Waals surface area contributed by atoms with E-state index in [1.807, 2.05) is 36.1 Å². The third-order valence-electron chi connectivity index (χ3n) is 6.77. The van der Waals surface area contributed by atoms with Gasteiger partial charge in [-0.05, 0) is 56.5 Å². The van der Waals surface area contributed by atoms with Crippen LogP contribution in [-0.4, -0.2) is 42.8 Å². The molecule has 0 saturated carbocycles. The molecule has 2 fully saturated rings. The number of likely N-dealkylation sites (tertiary alicyclic amines) is 1. The summed E-state index contributed by atoms with van der Waals surface area (Å²) in [5.74, 6) is 0.196. The highest BCUT2D eigenvalue weighted by atomic mass is 35.5. The maximum Gasteiger partial charge on any atom is 0.268 e. The third kappa shape index (κ3) is 3.72. The minimum Gasteiger partial charge on any atom is -0.338 e. The van der Waals surface area contributed by atoms with Crippen LogP contribution < -0.4 is 5.32 Å². The molecule has 2 aromatic carbocycles. The molecule has 32 heavy (non-hydrogen) atoms. The van der Waals surface area contributed by atoms with Gasteiger partial charge >= 0.3 is 0 Å². The number of carbonyl (C=O) groups is 1. The van der Waals surface area contributed by atoms with Crippen molar-refractivity contribution in [3.8, 4) is 0 Å². The predicted octanol–water partition coefficient (Wildman–Crippen LogP) is 3.71. The molecular formula is C24H28ClN3O3S. The van der Waals surface area contributed by atoms with Gasteiger partial charge in [0, 0.05) is 31.2 Å². The lowest BCUT2D eigenvalue weighted by molar-refractivity contribution is -0.145. The van der Waals surface area contributed by atoms with Crippen molar-refractivity contribution in [2.24, 2.45) is 5.41 Å². The molecule has 0 aliphatic carbocycles. The van der Waals surface area contributed by atoms with Crippen LogP contribution >= 0.6 is 12.4 Å². The Kier molecular flexibility index (Phi) is 6.09. The first-order valence-electron chi connectivity index (χ1n) is 10.8. The van der Waals surface area contributed by atoms with Crippen LogP contribution in [0, 0.1) is 12.3 Å². The molecule has 2 aliphatic rings. The lowest BCUT2D eigenvalue weighted by atomic mass is 9.78. The standard InChI is InChI=1S/C24H27N3O3S.ClH/c1-18-7-9-20(10-8-18)31(29,30)27-16-19(21-5-2-3-6-22(21)27)15-26-14-4-11-24(23(26)28)12-13-25-17-24;/h2-3,5-10,16,25H,4,11-15,17H2,1H3;1H. The van der Waals surface area contributed by atoms with Gasteiger partial charge in [-0.15, -0.1) is 12.4 Å². The normalized spacial score (nSPS) is 21.3. The van der Waals surface area contributed by atoms with E-state index in [2.05, 4.69) is 5.32 Å². The number of carbonyl (C=O) groups excluding carboxylic acids is 1. The van der Waals surface area contributed by atoms with Gasteiger partial charge in [-0.3, -0.25) is 4.79 Å². The van der Waals surface area contributed by atoms with Crippen LogP contribution in [0.25, 0.3) is 10.9 Å². The largest absolute Gasteiger partial charge is 0.338 e. The number of benzene rings is 2. The van der Waals surface area contributed by atoms with E-state index in [0.717, 1.165) is 48.9 Å². The smallest absolute Gasteiger partial charge is 0.268 e. The van der Waals surface area contributed by atoms with Gasteiger partial charge in [0.15, 0.2) is 0 Å². The van der Waals surface area contributed by atoms with Crippen LogP contribution in [0.3, 0.4) is 0 Å². The molecule has 1 aromatic heterocycles. The molecule has 0 radical (unpaired) electrons. The monoisotopic (exact) mass is 473 g/mol. The van der Waals surface area contributed by atoms with Crippen molar-refractivity contribution in [3.63, 3.8) is 0 Å². The van der Waals surface area contributed by atoms with Gasteiger partial charge in [-0.25, -0.2) is 12.4 Å². The highest BCUT2D eigenvalue weighted by Gasteiger charge is 2.45. The summed E-state index contributed by atoms with van der Waals surface area (Å²) in [6.45, 7) is 4.70. The molecule has 3 heterocycles.